The number of aliphatic hydroxyl groups excluding tert-OH is 6. The van der Waals surface area contributed by atoms with Crippen molar-refractivity contribution < 1.29 is 44.9 Å². The molecule has 57 heavy (non-hydrogen) atoms. The second-order valence-corrected chi connectivity index (χ2v) is 17.4. The Labute approximate surface area is 349 Å². The number of rotatable bonds is 41. The molecule has 1 fully saturated rings. The molecule has 10 heteroatoms. The summed E-state index contributed by atoms with van der Waals surface area (Å²) >= 11 is 0. The van der Waals surface area contributed by atoms with Crippen molar-refractivity contribution in [2.24, 2.45) is 0 Å². The first-order chi connectivity index (χ1) is 27.8. The molecule has 10 nitrogen and oxygen atoms in total. The highest BCUT2D eigenvalue weighted by molar-refractivity contribution is 5.76. The molecule has 1 rings (SSSR count). The molecule has 1 heterocycles. The van der Waals surface area contributed by atoms with E-state index in [1.54, 1.807) is 0 Å². The van der Waals surface area contributed by atoms with Gasteiger partial charge in [-0.05, 0) is 12.8 Å². The number of hydrogen-bond acceptors (Lipinski definition) is 9. The van der Waals surface area contributed by atoms with Crippen LogP contribution in [-0.2, 0) is 14.3 Å². The summed E-state index contributed by atoms with van der Waals surface area (Å²) in [5.41, 5.74) is 0. The number of unbranched alkanes of at least 4 members (excludes halogenated alkanes) is 30. The van der Waals surface area contributed by atoms with Gasteiger partial charge in [-0.1, -0.05) is 213 Å². The minimum Gasteiger partial charge on any atom is -0.394 e. The predicted molar refractivity (Wildman–Crippen MR) is 232 cm³/mol. The number of hydrogen-bond donors (Lipinski definition) is 7. The highest BCUT2D eigenvalue weighted by Gasteiger charge is 2.44. The first-order valence-corrected chi connectivity index (χ1v) is 24.3. The van der Waals surface area contributed by atoms with Gasteiger partial charge in [0.25, 0.3) is 0 Å². The molecule has 0 aromatic heterocycles. The zero-order valence-corrected chi connectivity index (χ0v) is 37.0. The van der Waals surface area contributed by atoms with E-state index in [9.17, 15) is 35.4 Å². The van der Waals surface area contributed by atoms with Crippen LogP contribution in [0.3, 0.4) is 0 Å². The zero-order chi connectivity index (χ0) is 41.8. The Morgan fingerprint density at radius 3 is 1.30 bits per heavy atom. The van der Waals surface area contributed by atoms with Gasteiger partial charge in [0.2, 0.25) is 5.91 Å². The molecule has 0 aromatic carbocycles. The van der Waals surface area contributed by atoms with Gasteiger partial charge in [-0.2, -0.15) is 0 Å². The molecule has 1 aliphatic rings. The van der Waals surface area contributed by atoms with Gasteiger partial charge in [0.05, 0.1) is 25.4 Å². The molecule has 0 saturated carbocycles. The Morgan fingerprint density at radius 1 is 0.544 bits per heavy atom. The molecule has 1 saturated heterocycles. The van der Waals surface area contributed by atoms with E-state index >= 15 is 0 Å². The summed E-state index contributed by atoms with van der Waals surface area (Å²) in [6.45, 7) is 3.61. The molecule has 0 aliphatic carbocycles. The van der Waals surface area contributed by atoms with Gasteiger partial charge in [0, 0.05) is 6.42 Å². The van der Waals surface area contributed by atoms with Gasteiger partial charge in [-0.25, -0.2) is 0 Å². The van der Waals surface area contributed by atoms with Crippen LogP contribution in [0.15, 0.2) is 0 Å². The standard InChI is InChI=1S/C47H93NO9/c1-3-5-7-9-11-13-15-16-17-18-19-20-21-22-23-24-26-28-30-32-34-36-42(51)48-39(38-56-47-46(55)45(54)44(53)41(37-49)57-47)43(52)40(50)35-33-31-29-27-25-14-12-10-8-6-4-2/h39-41,43-47,49-50,52-55H,3-38H2,1-2H3,(H,48,51)/t39-,40+,41+,43-,44-,45?,46?,47+/m0/s1. The van der Waals surface area contributed by atoms with Crippen LogP contribution >= 0.6 is 0 Å². The van der Waals surface area contributed by atoms with E-state index in [2.05, 4.69) is 19.2 Å². The third-order valence-electron chi connectivity index (χ3n) is 12.1. The molecule has 1 aliphatic heterocycles. The monoisotopic (exact) mass is 816 g/mol. The lowest BCUT2D eigenvalue weighted by Crippen LogP contribution is -2.60. The van der Waals surface area contributed by atoms with Gasteiger partial charge in [-0.3, -0.25) is 4.79 Å². The molecule has 2 unspecified atom stereocenters. The second-order valence-electron chi connectivity index (χ2n) is 17.4. The Hall–Kier alpha value is -0.850. The molecule has 1 amide bonds. The third kappa shape index (κ3) is 28.3. The van der Waals surface area contributed by atoms with Gasteiger partial charge >= 0.3 is 0 Å². The van der Waals surface area contributed by atoms with Crippen LogP contribution in [0.1, 0.15) is 232 Å². The fourth-order valence-electron chi connectivity index (χ4n) is 8.08. The smallest absolute Gasteiger partial charge is 0.220 e. The topological polar surface area (TPSA) is 169 Å². The second kappa shape index (κ2) is 38.1. The van der Waals surface area contributed by atoms with Crippen molar-refractivity contribution in [3.8, 4) is 0 Å². The summed E-state index contributed by atoms with van der Waals surface area (Å²) in [6, 6.07) is -0.984. The summed E-state index contributed by atoms with van der Waals surface area (Å²) in [6.07, 6.45) is 31.2. The van der Waals surface area contributed by atoms with E-state index in [1.807, 2.05) is 0 Å². The van der Waals surface area contributed by atoms with E-state index in [-0.39, 0.29) is 18.9 Å². The average molecular weight is 816 g/mol. The highest BCUT2D eigenvalue weighted by Crippen LogP contribution is 2.23. The molecule has 8 atom stereocenters. The summed E-state index contributed by atoms with van der Waals surface area (Å²) in [5.74, 6) is -0.254. The fraction of sp³-hybridized carbons (Fsp3) is 0.979. The van der Waals surface area contributed by atoms with E-state index in [0.717, 1.165) is 44.9 Å². The van der Waals surface area contributed by atoms with Crippen molar-refractivity contribution in [3.05, 3.63) is 0 Å². The number of nitrogens with one attached hydrogen (secondary N) is 1. The van der Waals surface area contributed by atoms with Crippen LogP contribution in [0.5, 0.6) is 0 Å². The van der Waals surface area contributed by atoms with Crippen molar-refractivity contribution in [2.45, 2.75) is 281 Å². The highest BCUT2D eigenvalue weighted by atomic mass is 16.7. The van der Waals surface area contributed by atoms with Gasteiger partial charge in [0.1, 0.15) is 30.5 Å². The van der Waals surface area contributed by atoms with Crippen molar-refractivity contribution in [2.75, 3.05) is 13.2 Å². The normalized spacial score (nSPS) is 21.4. The van der Waals surface area contributed by atoms with E-state index in [1.165, 1.54) is 161 Å². The first-order valence-electron chi connectivity index (χ1n) is 24.3. The van der Waals surface area contributed by atoms with Crippen LogP contribution in [-0.4, -0.2) is 98.7 Å². The maximum atomic E-state index is 13.0. The molecular formula is C47H93NO9. The zero-order valence-electron chi connectivity index (χ0n) is 37.0. The number of aliphatic hydroxyl groups is 6. The fourth-order valence-corrected chi connectivity index (χ4v) is 8.08. The van der Waals surface area contributed by atoms with E-state index in [0.29, 0.717) is 6.42 Å². The van der Waals surface area contributed by atoms with Crippen molar-refractivity contribution in [3.63, 3.8) is 0 Å². The molecule has 0 spiro atoms. The van der Waals surface area contributed by atoms with Gasteiger partial charge in [0.15, 0.2) is 6.29 Å². The summed E-state index contributed by atoms with van der Waals surface area (Å²) < 4.78 is 11.2. The minimum atomic E-state index is -1.60. The van der Waals surface area contributed by atoms with Crippen LogP contribution < -0.4 is 5.32 Å². The Kier molecular flexibility index (Phi) is 36.2. The average Bonchev–Trinajstić information content (AvgIpc) is 3.21. The van der Waals surface area contributed by atoms with Crippen LogP contribution in [0.2, 0.25) is 0 Å². The van der Waals surface area contributed by atoms with Crippen LogP contribution in [0.4, 0.5) is 0 Å². The molecule has 340 valence electrons. The van der Waals surface area contributed by atoms with Crippen molar-refractivity contribution >= 4 is 5.91 Å². The van der Waals surface area contributed by atoms with Crippen molar-refractivity contribution in [1.82, 2.24) is 5.32 Å². The lowest BCUT2D eigenvalue weighted by atomic mass is 9.98. The summed E-state index contributed by atoms with van der Waals surface area (Å²) in [4.78, 5) is 13.0. The first kappa shape index (κ1) is 54.2. The molecular weight excluding hydrogens is 723 g/mol. The SMILES string of the molecule is CCCCCCCCCCCCCCCCCCCCCCCC(=O)N[C@@H](CO[C@@H]1O[C@H](CO)[C@H](O)C(O)C1O)[C@H](O)[C@H](O)CCCCCCCCCCCCC. The lowest BCUT2D eigenvalue weighted by molar-refractivity contribution is -0.303. The minimum absolute atomic E-state index is 0.254. The maximum Gasteiger partial charge on any atom is 0.220 e. The molecule has 0 bridgehead atoms. The Morgan fingerprint density at radius 2 is 0.912 bits per heavy atom. The largest absolute Gasteiger partial charge is 0.394 e. The van der Waals surface area contributed by atoms with Crippen LogP contribution in [0.25, 0.3) is 0 Å². The number of carbonyl (C=O) groups excluding carboxylic acids is 1. The maximum absolute atomic E-state index is 13.0. The van der Waals surface area contributed by atoms with Crippen molar-refractivity contribution in [1.29, 1.82) is 0 Å². The molecule has 7 N–H and O–H groups in total. The van der Waals surface area contributed by atoms with Gasteiger partial charge < -0.3 is 45.4 Å². The quantitative estimate of drug-likeness (QED) is 0.0298. The molecule has 0 aromatic rings. The van der Waals surface area contributed by atoms with Gasteiger partial charge in [-0.15, -0.1) is 0 Å². The Balaban J connectivity index is 2.30. The van der Waals surface area contributed by atoms with Crippen LogP contribution in [0, 0.1) is 0 Å². The van der Waals surface area contributed by atoms with E-state index in [4.69, 9.17) is 9.47 Å². The third-order valence-corrected chi connectivity index (χ3v) is 12.1. The number of amides is 1. The lowest BCUT2D eigenvalue weighted by Gasteiger charge is -2.40. The predicted octanol–water partition coefficient (Wildman–Crippen LogP) is 9.31. The number of carbonyl (C=O) groups is 1. The Bertz CT molecular complexity index is 880. The summed E-state index contributed by atoms with van der Waals surface area (Å²) in [5, 5.41) is 65.1. The summed E-state index contributed by atoms with van der Waals surface area (Å²) in [7, 11) is 0. The number of ether oxygens (including phenoxy) is 2. The molecule has 0 radical (unpaired) electrons. The van der Waals surface area contributed by atoms with E-state index < -0.39 is 55.6 Å².